The highest BCUT2D eigenvalue weighted by atomic mass is 79.9. The predicted molar refractivity (Wildman–Crippen MR) is 84.6 cm³/mol. The summed E-state index contributed by atoms with van der Waals surface area (Å²) in [5.41, 5.74) is 6.68. The molecule has 0 saturated heterocycles. The molecule has 1 aromatic carbocycles. The smallest absolute Gasteiger partial charge is 0.281 e. The molecule has 0 aliphatic rings. The number of fused-ring (bicyclic) bond motifs is 1. The van der Waals surface area contributed by atoms with E-state index in [1.54, 1.807) is 48.7 Å². The van der Waals surface area contributed by atoms with E-state index in [2.05, 4.69) is 25.6 Å². The topological polar surface area (TPSA) is 89.5 Å². The number of hydrogen-bond acceptors (Lipinski definition) is 4. The summed E-state index contributed by atoms with van der Waals surface area (Å²) in [5, 5.41) is -0.0751. The van der Waals surface area contributed by atoms with Gasteiger partial charge in [-0.1, -0.05) is 18.2 Å². The molecule has 0 amide bonds. The molecule has 0 saturated carbocycles. The number of nitrogen functional groups attached to an aromatic ring is 1. The third-order valence-corrected chi connectivity index (χ3v) is 4.98. The van der Waals surface area contributed by atoms with Crippen LogP contribution in [0.25, 0.3) is 5.65 Å². The minimum Gasteiger partial charge on any atom is -0.381 e. The number of nitrogens with one attached hydrogen (secondary N) is 1. The number of hydrogen-bond donors (Lipinski definition) is 2. The highest BCUT2D eigenvalue weighted by Crippen LogP contribution is 2.27. The molecule has 0 aliphatic carbocycles. The van der Waals surface area contributed by atoms with Gasteiger partial charge in [0.1, 0.15) is 5.65 Å². The van der Waals surface area contributed by atoms with E-state index in [-0.39, 0.29) is 10.8 Å². The maximum Gasteiger partial charge on any atom is 0.281 e. The van der Waals surface area contributed by atoms with Crippen molar-refractivity contribution in [2.75, 3.05) is 10.5 Å². The standard InChI is InChI=1S/C13H11BrN4O2S/c14-9-5-1-2-6-10(9)17-21(19,20)13-12(15)16-11-7-3-4-8-18(11)13/h1-8,17H,15H2. The van der Waals surface area contributed by atoms with Gasteiger partial charge in [0, 0.05) is 10.7 Å². The zero-order valence-corrected chi connectivity index (χ0v) is 13.1. The van der Waals surface area contributed by atoms with Gasteiger partial charge in [0.05, 0.1) is 5.69 Å². The number of aromatic nitrogens is 2. The van der Waals surface area contributed by atoms with Crippen molar-refractivity contribution in [3.05, 3.63) is 53.1 Å². The fourth-order valence-electron chi connectivity index (χ4n) is 2.00. The van der Waals surface area contributed by atoms with Crippen LogP contribution < -0.4 is 10.5 Å². The molecule has 0 bridgehead atoms. The summed E-state index contributed by atoms with van der Waals surface area (Å²) in [4.78, 5) is 4.05. The zero-order chi connectivity index (χ0) is 15.0. The van der Waals surface area contributed by atoms with Gasteiger partial charge in [-0.2, -0.15) is 8.42 Å². The van der Waals surface area contributed by atoms with E-state index >= 15 is 0 Å². The molecule has 0 aliphatic heterocycles. The van der Waals surface area contributed by atoms with Gasteiger partial charge in [-0.15, -0.1) is 0 Å². The molecule has 6 nitrogen and oxygen atoms in total. The van der Waals surface area contributed by atoms with Crippen molar-refractivity contribution >= 4 is 43.1 Å². The quantitative estimate of drug-likeness (QED) is 0.744. The minimum absolute atomic E-state index is 0.0410. The van der Waals surface area contributed by atoms with Gasteiger partial charge in [0.25, 0.3) is 10.0 Å². The van der Waals surface area contributed by atoms with Gasteiger partial charge in [-0.3, -0.25) is 9.12 Å². The third kappa shape index (κ3) is 2.47. The Morgan fingerprint density at radius 3 is 2.62 bits per heavy atom. The molecule has 0 fully saturated rings. The number of benzene rings is 1. The molecule has 8 heteroatoms. The van der Waals surface area contributed by atoms with Crippen molar-refractivity contribution in [3.63, 3.8) is 0 Å². The van der Waals surface area contributed by atoms with E-state index in [1.165, 1.54) is 4.40 Å². The molecular weight excluding hydrogens is 356 g/mol. The largest absolute Gasteiger partial charge is 0.381 e. The Balaban J connectivity index is 2.13. The number of rotatable bonds is 3. The molecule has 2 heterocycles. The fraction of sp³-hybridized carbons (Fsp3) is 0. The maximum atomic E-state index is 12.6. The van der Waals surface area contributed by atoms with Crippen molar-refractivity contribution < 1.29 is 8.42 Å². The van der Waals surface area contributed by atoms with Crippen LogP contribution in [0.15, 0.2) is 58.2 Å². The second-order valence-corrected chi connectivity index (χ2v) is 6.77. The van der Waals surface area contributed by atoms with Crippen LogP contribution in [0, 0.1) is 0 Å². The van der Waals surface area contributed by atoms with Crippen LogP contribution in [0.5, 0.6) is 0 Å². The zero-order valence-electron chi connectivity index (χ0n) is 10.7. The number of para-hydroxylation sites is 1. The van der Waals surface area contributed by atoms with Gasteiger partial charge in [0.2, 0.25) is 5.03 Å². The van der Waals surface area contributed by atoms with E-state index in [4.69, 9.17) is 5.73 Å². The Hall–Kier alpha value is -2.06. The van der Waals surface area contributed by atoms with E-state index in [0.29, 0.717) is 15.8 Å². The summed E-state index contributed by atoms with van der Waals surface area (Å²) < 4.78 is 29.7. The van der Waals surface area contributed by atoms with Crippen molar-refractivity contribution in [3.8, 4) is 0 Å². The average molecular weight is 367 g/mol. The molecule has 3 N–H and O–H groups in total. The SMILES string of the molecule is Nc1nc2ccccn2c1S(=O)(=O)Nc1ccccc1Br. The lowest BCUT2D eigenvalue weighted by atomic mass is 10.3. The lowest BCUT2D eigenvalue weighted by molar-refractivity contribution is 0.597. The summed E-state index contributed by atoms with van der Waals surface area (Å²) >= 11 is 3.30. The van der Waals surface area contributed by atoms with Gasteiger partial charge in [-0.25, -0.2) is 4.98 Å². The average Bonchev–Trinajstić information content (AvgIpc) is 2.77. The molecule has 21 heavy (non-hydrogen) atoms. The first-order valence-corrected chi connectivity index (χ1v) is 8.26. The lowest BCUT2D eigenvalue weighted by Crippen LogP contribution is -2.16. The van der Waals surface area contributed by atoms with E-state index < -0.39 is 10.0 Å². The third-order valence-electron chi connectivity index (χ3n) is 2.88. The second kappa shape index (κ2) is 5.05. The number of pyridine rings is 1. The van der Waals surface area contributed by atoms with Crippen LogP contribution in [-0.4, -0.2) is 17.8 Å². The first kappa shape index (κ1) is 13.9. The lowest BCUT2D eigenvalue weighted by Gasteiger charge is -2.09. The molecule has 108 valence electrons. The molecule has 0 atom stereocenters. The van der Waals surface area contributed by atoms with Crippen molar-refractivity contribution in [2.45, 2.75) is 5.03 Å². The minimum atomic E-state index is -3.85. The summed E-state index contributed by atoms with van der Waals surface area (Å²) in [6, 6.07) is 12.1. The van der Waals surface area contributed by atoms with Crippen LogP contribution in [0.3, 0.4) is 0 Å². The van der Waals surface area contributed by atoms with Gasteiger partial charge in [-0.05, 0) is 40.2 Å². The first-order valence-electron chi connectivity index (χ1n) is 5.99. The summed E-state index contributed by atoms with van der Waals surface area (Å²) in [6.45, 7) is 0. The summed E-state index contributed by atoms with van der Waals surface area (Å²) in [7, 11) is -3.85. The van der Waals surface area contributed by atoms with Crippen molar-refractivity contribution in [2.24, 2.45) is 0 Å². The van der Waals surface area contributed by atoms with Crippen LogP contribution in [0.1, 0.15) is 0 Å². The van der Waals surface area contributed by atoms with E-state index in [9.17, 15) is 8.42 Å². The Kier molecular flexibility index (Phi) is 3.34. The number of imidazole rings is 1. The maximum absolute atomic E-state index is 12.6. The molecule has 0 radical (unpaired) electrons. The number of nitrogens with two attached hydrogens (primary N) is 1. The molecular formula is C13H11BrN4O2S. The Morgan fingerprint density at radius 1 is 1.14 bits per heavy atom. The van der Waals surface area contributed by atoms with Gasteiger partial charge >= 0.3 is 0 Å². The predicted octanol–water partition coefficient (Wildman–Crippen LogP) is 2.48. The molecule has 0 spiro atoms. The fourth-order valence-corrected chi connectivity index (χ4v) is 3.81. The van der Waals surface area contributed by atoms with Crippen molar-refractivity contribution in [1.82, 2.24) is 9.38 Å². The van der Waals surface area contributed by atoms with Crippen molar-refractivity contribution in [1.29, 1.82) is 0 Å². The molecule has 2 aromatic heterocycles. The first-order chi connectivity index (χ1) is 9.99. The van der Waals surface area contributed by atoms with Crippen LogP contribution in [-0.2, 0) is 10.0 Å². The Bertz CT molecular complexity index is 921. The second-order valence-electron chi connectivity index (χ2n) is 4.32. The molecule has 3 rings (SSSR count). The highest BCUT2D eigenvalue weighted by molar-refractivity contribution is 9.10. The molecule has 0 unspecified atom stereocenters. The monoisotopic (exact) mass is 366 g/mol. The summed E-state index contributed by atoms with van der Waals surface area (Å²) in [6.07, 6.45) is 1.60. The van der Waals surface area contributed by atoms with Crippen LogP contribution >= 0.6 is 15.9 Å². The number of sulfonamides is 1. The number of nitrogens with zero attached hydrogens (tertiary/aromatic N) is 2. The number of halogens is 1. The van der Waals surface area contributed by atoms with Gasteiger partial charge in [0.15, 0.2) is 5.82 Å². The Labute approximate surface area is 129 Å². The normalized spacial score (nSPS) is 11.7. The summed E-state index contributed by atoms with van der Waals surface area (Å²) in [5.74, 6) is -0.0410. The van der Waals surface area contributed by atoms with E-state index in [1.807, 2.05) is 0 Å². The Morgan fingerprint density at radius 2 is 1.86 bits per heavy atom. The van der Waals surface area contributed by atoms with Gasteiger partial charge < -0.3 is 5.73 Å². The highest BCUT2D eigenvalue weighted by Gasteiger charge is 2.24. The number of anilines is 2. The van der Waals surface area contributed by atoms with Crippen LogP contribution in [0.4, 0.5) is 11.5 Å². The van der Waals surface area contributed by atoms with E-state index in [0.717, 1.165) is 0 Å². The van der Waals surface area contributed by atoms with Crippen LogP contribution in [0.2, 0.25) is 0 Å². The molecule has 3 aromatic rings.